The summed E-state index contributed by atoms with van der Waals surface area (Å²) in [6.07, 6.45) is 6.80. The van der Waals surface area contributed by atoms with Gasteiger partial charge in [-0.25, -0.2) is 9.59 Å². The van der Waals surface area contributed by atoms with Gasteiger partial charge in [0.15, 0.2) is 0 Å². The third-order valence-electron chi connectivity index (χ3n) is 9.88. The van der Waals surface area contributed by atoms with Gasteiger partial charge in [-0.2, -0.15) is 0 Å². The van der Waals surface area contributed by atoms with Crippen molar-refractivity contribution in [2.24, 2.45) is 0 Å². The average molecular weight is 753 g/mol. The molecule has 10 nitrogen and oxygen atoms in total. The summed E-state index contributed by atoms with van der Waals surface area (Å²) in [6, 6.07) is 31.5. The fourth-order valence-corrected chi connectivity index (χ4v) is 6.61. The van der Waals surface area contributed by atoms with Gasteiger partial charge >= 0.3 is 23.9 Å². The van der Waals surface area contributed by atoms with Crippen molar-refractivity contribution in [3.8, 4) is 23.0 Å². The Bertz CT molecular complexity index is 2270. The summed E-state index contributed by atoms with van der Waals surface area (Å²) in [6.45, 7) is 1.65. The third kappa shape index (κ3) is 9.76. The quantitative estimate of drug-likeness (QED) is 0.0408. The Hall–Kier alpha value is -6.10. The Morgan fingerprint density at radius 3 is 1.11 bits per heavy atom. The summed E-state index contributed by atoms with van der Waals surface area (Å²) >= 11 is 0. The van der Waals surface area contributed by atoms with Gasteiger partial charge in [0.25, 0.3) is 0 Å². The van der Waals surface area contributed by atoms with Crippen molar-refractivity contribution in [3.63, 3.8) is 0 Å². The first-order chi connectivity index (χ1) is 27.3. The summed E-state index contributed by atoms with van der Waals surface area (Å²) in [5.74, 6) is 0.0968. The van der Waals surface area contributed by atoms with E-state index in [0.717, 1.165) is 84.1 Å². The van der Waals surface area contributed by atoms with Crippen LogP contribution in [-0.4, -0.2) is 49.3 Å². The number of hydrogen-bond donors (Lipinski definition) is 0. The van der Waals surface area contributed by atoms with Gasteiger partial charge in [-0.1, -0.05) is 49.2 Å². The van der Waals surface area contributed by atoms with Crippen LogP contribution < -0.4 is 18.9 Å². The molecular formula is C46H40O10. The number of epoxide rings is 2. The summed E-state index contributed by atoms with van der Waals surface area (Å²) < 4.78 is 32.9. The van der Waals surface area contributed by atoms with Crippen LogP contribution in [0.15, 0.2) is 109 Å². The van der Waals surface area contributed by atoms with E-state index in [4.69, 9.17) is 28.4 Å². The number of fused-ring (bicyclic) bond motifs is 3. The van der Waals surface area contributed by atoms with Crippen molar-refractivity contribution in [2.45, 2.75) is 63.6 Å². The minimum atomic E-state index is -0.512. The molecule has 0 saturated carbocycles. The Balaban J connectivity index is 0.840. The number of hydrogen-bond acceptors (Lipinski definition) is 10. The second-order valence-electron chi connectivity index (χ2n) is 14.2. The van der Waals surface area contributed by atoms with Crippen molar-refractivity contribution in [3.05, 3.63) is 120 Å². The van der Waals surface area contributed by atoms with Gasteiger partial charge in [0.1, 0.15) is 23.0 Å². The van der Waals surface area contributed by atoms with Gasteiger partial charge in [-0.05, 0) is 131 Å². The fourth-order valence-electron chi connectivity index (χ4n) is 6.61. The van der Waals surface area contributed by atoms with Crippen molar-refractivity contribution in [1.29, 1.82) is 0 Å². The van der Waals surface area contributed by atoms with Crippen LogP contribution in [-0.2, 0) is 19.1 Å². The van der Waals surface area contributed by atoms with Crippen LogP contribution in [0.4, 0.5) is 0 Å². The zero-order valence-electron chi connectivity index (χ0n) is 30.7. The molecule has 0 spiro atoms. The van der Waals surface area contributed by atoms with E-state index < -0.39 is 11.9 Å². The molecule has 2 aliphatic rings. The Labute approximate surface area is 323 Å². The molecule has 0 amide bonds. The van der Waals surface area contributed by atoms with Crippen LogP contribution in [0, 0.1) is 0 Å². The van der Waals surface area contributed by atoms with E-state index in [0.29, 0.717) is 59.2 Å². The van der Waals surface area contributed by atoms with Crippen LogP contribution in [0.1, 0.15) is 72.1 Å². The van der Waals surface area contributed by atoms with Gasteiger partial charge < -0.3 is 28.4 Å². The molecule has 2 heterocycles. The molecule has 2 saturated heterocycles. The number of carbonyl (C=O) groups is 4. The molecule has 2 atom stereocenters. The van der Waals surface area contributed by atoms with Crippen LogP contribution in [0.2, 0.25) is 0 Å². The van der Waals surface area contributed by atoms with Crippen LogP contribution in [0.5, 0.6) is 23.0 Å². The SMILES string of the molecule is O=C(CCCCC1CO1)Oc1ccc2cc(C(=O)Oc3ccc4cc(OC(=O)c5ccc6cc(OC(=O)CCCCC7CO7)ccc6c5)ccc4c3)ccc2c1. The first kappa shape index (κ1) is 36.9. The predicted molar refractivity (Wildman–Crippen MR) is 209 cm³/mol. The molecule has 0 bridgehead atoms. The third-order valence-corrected chi connectivity index (χ3v) is 9.88. The van der Waals surface area contributed by atoms with E-state index >= 15 is 0 Å². The molecule has 0 radical (unpaired) electrons. The number of rotatable bonds is 16. The highest BCUT2D eigenvalue weighted by Crippen LogP contribution is 2.29. The lowest BCUT2D eigenvalue weighted by Crippen LogP contribution is -2.09. The predicted octanol–water partition coefficient (Wildman–Crippen LogP) is 9.31. The fraction of sp³-hybridized carbons (Fsp3) is 0.261. The Kier molecular flexibility index (Phi) is 11.0. The highest BCUT2D eigenvalue weighted by Gasteiger charge is 2.22. The first-order valence-corrected chi connectivity index (χ1v) is 19.0. The number of esters is 4. The molecule has 56 heavy (non-hydrogen) atoms. The van der Waals surface area contributed by atoms with Crippen LogP contribution in [0.3, 0.4) is 0 Å². The zero-order chi connectivity index (χ0) is 38.4. The zero-order valence-corrected chi connectivity index (χ0v) is 30.7. The molecule has 0 aliphatic carbocycles. The molecule has 0 aromatic heterocycles. The molecule has 2 fully saturated rings. The number of unbranched alkanes of at least 4 members (excludes halogenated alkanes) is 2. The molecule has 10 heteroatoms. The summed E-state index contributed by atoms with van der Waals surface area (Å²) in [7, 11) is 0. The van der Waals surface area contributed by atoms with Crippen molar-refractivity contribution < 1.29 is 47.6 Å². The van der Waals surface area contributed by atoms with E-state index in [1.165, 1.54) is 0 Å². The van der Waals surface area contributed by atoms with Gasteiger partial charge in [-0.3, -0.25) is 9.59 Å². The molecule has 2 unspecified atom stereocenters. The van der Waals surface area contributed by atoms with E-state index in [9.17, 15) is 19.2 Å². The minimum absolute atomic E-state index is 0.269. The normalized spacial score (nSPS) is 15.7. The largest absolute Gasteiger partial charge is 0.427 e. The smallest absolute Gasteiger partial charge is 0.343 e. The van der Waals surface area contributed by atoms with Gasteiger partial charge in [0, 0.05) is 12.8 Å². The molecule has 2 aliphatic heterocycles. The van der Waals surface area contributed by atoms with Crippen LogP contribution >= 0.6 is 0 Å². The Morgan fingerprint density at radius 1 is 0.429 bits per heavy atom. The number of benzene rings is 6. The lowest BCUT2D eigenvalue weighted by Gasteiger charge is -2.10. The highest BCUT2D eigenvalue weighted by atomic mass is 16.6. The topological polar surface area (TPSA) is 130 Å². The second kappa shape index (κ2) is 16.7. The maximum Gasteiger partial charge on any atom is 0.343 e. The lowest BCUT2D eigenvalue weighted by atomic mass is 10.1. The van der Waals surface area contributed by atoms with Gasteiger partial charge in [-0.15, -0.1) is 0 Å². The maximum atomic E-state index is 13.1. The summed E-state index contributed by atoms with van der Waals surface area (Å²) in [4.78, 5) is 50.8. The maximum absolute atomic E-state index is 13.1. The molecule has 6 aromatic rings. The van der Waals surface area contributed by atoms with Crippen LogP contribution in [0.25, 0.3) is 32.3 Å². The second-order valence-corrected chi connectivity index (χ2v) is 14.2. The molecule has 8 rings (SSSR count). The van der Waals surface area contributed by atoms with E-state index in [1.807, 2.05) is 12.1 Å². The van der Waals surface area contributed by atoms with E-state index in [-0.39, 0.29) is 11.9 Å². The molecular weight excluding hydrogens is 712 g/mol. The lowest BCUT2D eigenvalue weighted by molar-refractivity contribution is -0.135. The number of ether oxygens (including phenoxy) is 6. The van der Waals surface area contributed by atoms with E-state index in [2.05, 4.69) is 0 Å². The first-order valence-electron chi connectivity index (χ1n) is 19.0. The number of carbonyl (C=O) groups excluding carboxylic acids is 4. The summed E-state index contributed by atoms with van der Waals surface area (Å²) in [5.41, 5.74) is 0.756. The van der Waals surface area contributed by atoms with E-state index in [1.54, 1.807) is 97.1 Å². The molecule has 284 valence electrons. The minimum Gasteiger partial charge on any atom is -0.427 e. The molecule has 6 aromatic carbocycles. The van der Waals surface area contributed by atoms with Gasteiger partial charge in [0.05, 0.1) is 36.5 Å². The average Bonchev–Trinajstić information content (AvgIpc) is 4.15. The highest BCUT2D eigenvalue weighted by molar-refractivity contribution is 5.99. The molecule has 0 N–H and O–H groups in total. The van der Waals surface area contributed by atoms with Crippen molar-refractivity contribution in [1.82, 2.24) is 0 Å². The van der Waals surface area contributed by atoms with Crippen molar-refractivity contribution in [2.75, 3.05) is 13.2 Å². The monoisotopic (exact) mass is 752 g/mol. The standard InChI is InChI=1S/C46H40O10/c47-43(7-3-1-5-41-27-51-41)53-37-17-13-29-21-35(11-9-31(29)23-37)45(49)55-39-19-15-34-26-40(20-16-33(34)25-39)56-46(50)36-12-10-32-24-38(18-14-30(32)22-36)54-44(48)8-4-2-6-42-28-52-42/h9-26,41-42H,1-8,27-28H2. The van der Waals surface area contributed by atoms with Gasteiger partial charge in [0.2, 0.25) is 0 Å². The Morgan fingerprint density at radius 2 is 0.750 bits per heavy atom. The summed E-state index contributed by atoms with van der Waals surface area (Å²) in [5, 5.41) is 4.86. The van der Waals surface area contributed by atoms with Crippen molar-refractivity contribution >= 4 is 56.2 Å².